The highest BCUT2D eigenvalue weighted by molar-refractivity contribution is 8.11. The van der Waals surface area contributed by atoms with Gasteiger partial charge in [-0.05, 0) is 49.1 Å². The van der Waals surface area contributed by atoms with Crippen molar-refractivity contribution in [3.05, 3.63) is 28.8 Å². The van der Waals surface area contributed by atoms with Crippen LogP contribution in [0.2, 0.25) is 6.04 Å². The number of terminal acetylenes is 3. The second-order valence-corrected chi connectivity index (χ2v) is 55.1. The lowest BCUT2D eigenvalue weighted by Gasteiger charge is -2.48. The van der Waals surface area contributed by atoms with Gasteiger partial charge in [-0.2, -0.15) is 0 Å². The summed E-state index contributed by atoms with van der Waals surface area (Å²) in [5, 5.41) is 0. The average molecular weight is 539 g/mol. The molecule has 1 aromatic rings. The minimum absolute atomic E-state index is 0.654. The van der Waals surface area contributed by atoms with Gasteiger partial charge in [-0.25, -0.2) is 0 Å². The van der Waals surface area contributed by atoms with E-state index in [1.54, 1.807) is 7.11 Å². The Morgan fingerprint density at radius 2 is 1.53 bits per heavy atom. The Labute approximate surface area is 200 Å². The van der Waals surface area contributed by atoms with Crippen LogP contribution >= 0.6 is 0 Å². The Kier molecular flexibility index (Phi) is 10.0. The molecule has 0 bridgehead atoms. The van der Waals surface area contributed by atoms with Crippen LogP contribution in [-0.2, 0) is 19.7 Å². The van der Waals surface area contributed by atoms with Crippen LogP contribution in [0.15, 0.2) is 12.1 Å². The summed E-state index contributed by atoms with van der Waals surface area (Å²) in [6.45, 7) is -1.68. The molecule has 0 saturated carbocycles. The molecule has 1 unspecified atom stereocenters. The van der Waals surface area contributed by atoms with Gasteiger partial charge in [0.05, 0.1) is 44.9 Å². The van der Waals surface area contributed by atoms with E-state index in [-0.39, 0.29) is 0 Å². The Balaban J connectivity index is 3.65. The molecule has 0 fully saturated rings. The number of aryl methyl sites for hydroxylation is 2. The zero-order valence-electron chi connectivity index (χ0n) is 16.9. The molecule has 0 N–H and O–H groups in total. The maximum atomic E-state index is 5.78. The average Bonchev–Trinajstić information content (AvgIpc) is 2.64. The minimum Gasteiger partial charge on any atom is -0.514 e. The molecule has 0 amide bonds. The van der Waals surface area contributed by atoms with Crippen molar-refractivity contribution in [3.63, 3.8) is 0 Å². The number of benzene rings is 1. The fourth-order valence-corrected chi connectivity index (χ4v) is 93.4. The van der Waals surface area contributed by atoms with Crippen molar-refractivity contribution >= 4 is 77.2 Å². The van der Waals surface area contributed by atoms with Gasteiger partial charge in [0.15, 0.2) is 6.63 Å². The van der Waals surface area contributed by atoms with E-state index in [1.807, 2.05) is 12.1 Å². The van der Waals surface area contributed by atoms with E-state index in [9.17, 15) is 0 Å². The molecule has 1 atom stereocenters. The number of ether oxygens (including phenoxy) is 1. The molecule has 0 aliphatic heterocycles. The van der Waals surface area contributed by atoms with Crippen LogP contribution in [0, 0.1) is 51.4 Å². The number of hydrogen-bond acceptors (Lipinski definition) is 4. The highest BCUT2D eigenvalue weighted by Crippen LogP contribution is 2.32. The molecule has 16 radical (unpaired) electrons. The fourth-order valence-electron chi connectivity index (χ4n) is 3.10. The first-order valence-electron chi connectivity index (χ1n) is 8.56. The van der Waals surface area contributed by atoms with Crippen LogP contribution in [0.5, 0.6) is 5.75 Å². The maximum absolute atomic E-state index is 5.78. The monoisotopic (exact) mass is 538 g/mol. The molecule has 30 heavy (non-hydrogen) atoms. The van der Waals surface area contributed by atoms with Gasteiger partial charge in [0.2, 0.25) is 6.87 Å². The number of rotatable bonds is 10. The second-order valence-electron chi connectivity index (χ2n) is 6.51. The van der Waals surface area contributed by atoms with Gasteiger partial charge in [-0.3, -0.25) is 0 Å². The number of hydrogen-bond donors (Lipinski definition) is 0. The molecule has 0 saturated heterocycles. The Morgan fingerprint density at radius 3 is 1.97 bits per heavy atom. The molecule has 0 aliphatic carbocycles. The highest BCUT2D eigenvalue weighted by atomic mass is 30.4. The predicted molar refractivity (Wildman–Crippen MR) is 133 cm³/mol. The van der Waals surface area contributed by atoms with Crippen LogP contribution in [0.1, 0.15) is 16.7 Å². The molecule has 0 spiro atoms. The maximum Gasteiger partial charge on any atom is 0.512 e. The third-order valence-corrected chi connectivity index (χ3v) is 81.9. The summed E-state index contributed by atoms with van der Waals surface area (Å²) in [6.07, 6.45) is 21.4. The smallest absolute Gasteiger partial charge is 0.512 e. The van der Waals surface area contributed by atoms with Crippen LogP contribution in [0.4, 0.5) is 0 Å². The van der Waals surface area contributed by atoms with Gasteiger partial charge < -0.3 is 18.0 Å². The summed E-state index contributed by atoms with van der Waals surface area (Å²) < 4.78 is 22.6. The summed E-state index contributed by atoms with van der Waals surface area (Å²) in [6, 6.07) is 4.69. The van der Waals surface area contributed by atoms with Crippen molar-refractivity contribution in [1.29, 1.82) is 0 Å². The van der Waals surface area contributed by atoms with Crippen LogP contribution < -0.4 is 4.74 Å². The van der Waals surface area contributed by atoms with Crippen molar-refractivity contribution in [2.24, 2.45) is 0 Å². The van der Waals surface area contributed by atoms with Crippen LogP contribution in [0.25, 0.3) is 0 Å². The minimum atomic E-state index is -2.96. The molecule has 4 nitrogen and oxygen atoms in total. The van der Waals surface area contributed by atoms with Crippen molar-refractivity contribution in [2.45, 2.75) is 26.3 Å². The standard InChI is InChI=1S/C17H18O4Si9/c1-7-19-27(20-8-2)28(30(24,25)26,29(22,23)21-9-3)11-10-16-13-17(18-6)12-14(4)15(16)5/h1-3,12-13H,10-11H2,4-6H3. The van der Waals surface area contributed by atoms with Crippen molar-refractivity contribution in [1.82, 2.24) is 0 Å². The van der Waals surface area contributed by atoms with Crippen LogP contribution in [-0.4, -0.2) is 84.4 Å². The summed E-state index contributed by atoms with van der Waals surface area (Å²) in [5.74, 6) is 0.796. The fraction of sp³-hybridized carbons (Fsp3) is 0.294. The van der Waals surface area contributed by atoms with Gasteiger partial charge in [0.25, 0.3) is 0 Å². The lowest BCUT2D eigenvalue weighted by molar-refractivity contribution is 0.400. The van der Waals surface area contributed by atoms with Crippen LogP contribution in [0.3, 0.4) is 0 Å². The Morgan fingerprint density at radius 1 is 0.967 bits per heavy atom. The highest BCUT2D eigenvalue weighted by Gasteiger charge is 2.69. The quantitative estimate of drug-likeness (QED) is 0.299. The van der Waals surface area contributed by atoms with E-state index in [2.05, 4.69) is 81.0 Å². The van der Waals surface area contributed by atoms with Gasteiger partial charge in [0.1, 0.15) is 5.75 Å². The first kappa shape index (κ1) is 27.1. The van der Waals surface area contributed by atoms with E-state index in [0.717, 1.165) is 16.9 Å². The molecule has 0 aromatic heterocycles. The third-order valence-electron chi connectivity index (χ3n) is 4.86. The van der Waals surface area contributed by atoms with Crippen molar-refractivity contribution in [2.75, 3.05) is 7.11 Å². The normalized spacial score (nSPS) is 13.4. The molecule has 13 heteroatoms. The summed E-state index contributed by atoms with van der Waals surface area (Å²) in [5.41, 5.74) is 3.46. The zero-order chi connectivity index (χ0) is 23.2. The molecule has 146 valence electrons. The SMILES string of the molecule is C#CO[Si](OC#C)[Si](CCc1cc(OC)cc(C)c1C)([Si]([Si])([Si])[Si])[Si]([Si])([Si])OC#C. The summed E-state index contributed by atoms with van der Waals surface area (Å²) >= 11 is 0. The predicted octanol–water partition coefficient (Wildman–Crippen LogP) is -0.431. The molecule has 0 heterocycles. The lowest BCUT2D eigenvalue weighted by atomic mass is 10.0. The Hall–Kier alpha value is -0.948. The molecule has 1 rings (SSSR count). The largest absolute Gasteiger partial charge is 0.514 e. The van der Waals surface area contributed by atoms with Gasteiger partial charge in [-0.1, -0.05) is 25.3 Å². The molecular weight excluding hydrogens is 521 g/mol. The van der Waals surface area contributed by atoms with E-state index in [0.29, 0.717) is 12.5 Å². The van der Waals surface area contributed by atoms with E-state index < -0.39 is 28.4 Å². The summed E-state index contributed by atoms with van der Waals surface area (Å²) in [7, 11) is 18.8. The topological polar surface area (TPSA) is 36.9 Å². The second kappa shape index (κ2) is 11.1. The van der Waals surface area contributed by atoms with Gasteiger partial charge in [0, 0.05) is 35.4 Å². The number of methoxy groups -OCH3 is 1. The molecular formula is C17H18O4Si9. The molecule has 1 aromatic carbocycles. The molecule has 0 aliphatic rings. The van der Waals surface area contributed by atoms with E-state index >= 15 is 0 Å². The summed E-state index contributed by atoms with van der Waals surface area (Å²) in [4.78, 5) is 0. The first-order valence-corrected chi connectivity index (χ1v) is 26.5. The van der Waals surface area contributed by atoms with Crippen molar-refractivity contribution < 1.29 is 18.0 Å². The van der Waals surface area contributed by atoms with E-state index in [4.69, 9.17) is 37.3 Å². The first-order chi connectivity index (χ1) is 13.9. The lowest BCUT2D eigenvalue weighted by Crippen LogP contribution is -2.88. The van der Waals surface area contributed by atoms with Gasteiger partial charge in [-0.15, -0.1) is 0 Å². The van der Waals surface area contributed by atoms with Gasteiger partial charge >= 0.3 is 8.80 Å². The Bertz CT molecular complexity index is 863. The van der Waals surface area contributed by atoms with E-state index in [1.165, 1.54) is 5.56 Å². The third kappa shape index (κ3) is 5.64. The zero-order valence-corrected chi connectivity index (χ0v) is 25.9. The van der Waals surface area contributed by atoms with Crippen molar-refractivity contribution in [3.8, 4) is 43.3 Å².